The molecular weight excluding hydrogens is 238 g/mol. The van der Waals surface area contributed by atoms with Gasteiger partial charge in [0.05, 0.1) is 4.83 Å². The van der Waals surface area contributed by atoms with E-state index in [1.54, 1.807) is 20.8 Å². The molecule has 0 spiro atoms. The van der Waals surface area contributed by atoms with E-state index in [2.05, 4.69) is 21.2 Å². The van der Waals surface area contributed by atoms with E-state index < -0.39 is 12.0 Å². The zero-order chi connectivity index (χ0) is 10.6. The minimum atomic E-state index is -1.00. The number of hydrogen-bond acceptors (Lipinski definition) is 2. The Balaban J connectivity index is 4.27. The Labute approximate surface area is 85.8 Å². The lowest BCUT2D eigenvalue weighted by atomic mass is 10.0. The smallest absolute Gasteiger partial charge is 0.326 e. The Morgan fingerprint density at radius 1 is 1.31 bits per heavy atom. The maximum atomic E-state index is 11.1. The number of nitrogens with one attached hydrogen (secondary N) is 1. The van der Waals surface area contributed by atoms with Crippen LogP contribution in [0.3, 0.4) is 0 Å². The molecule has 0 aliphatic carbocycles. The molecule has 2 atom stereocenters. The van der Waals surface area contributed by atoms with Crippen molar-refractivity contribution in [1.29, 1.82) is 0 Å². The summed E-state index contributed by atoms with van der Waals surface area (Å²) < 4.78 is 0. The highest BCUT2D eigenvalue weighted by molar-refractivity contribution is 9.10. The van der Waals surface area contributed by atoms with Crippen molar-refractivity contribution >= 4 is 27.8 Å². The van der Waals surface area contributed by atoms with Gasteiger partial charge < -0.3 is 10.4 Å². The number of rotatable bonds is 4. The van der Waals surface area contributed by atoms with Crippen molar-refractivity contribution in [3.63, 3.8) is 0 Å². The Morgan fingerprint density at radius 3 is 2.00 bits per heavy atom. The van der Waals surface area contributed by atoms with Crippen molar-refractivity contribution in [1.82, 2.24) is 5.32 Å². The van der Waals surface area contributed by atoms with Gasteiger partial charge in [-0.3, -0.25) is 4.79 Å². The number of carboxylic acid groups (broad SMARTS) is 1. The molecule has 0 rings (SSSR count). The third-order valence-corrected chi connectivity index (χ3v) is 2.01. The third kappa shape index (κ3) is 4.26. The molecule has 0 heterocycles. The van der Waals surface area contributed by atoms with E-state index in [0.717, 1.165) is 0 Å². The molecule has 0 aromatic heterocycles. The molecule has 13 heavy (non-hydrogen) atoms. The second kappa shape index (κ2) is 5.21. The Kier molecular flexibility index (Phi) is 4.98. The van der Waals surface area contributed by atoms with Crippen molar-refractivity contribution in [2.45, 2.75) is 31.6 Å². The van der Waals surface area contributed by atoms with Crippen LogP contribution in [0.4, 0.5) is 0 Å². The second-order valence-corrected chi connectivity index (χ2v) is 4.56. The highest BCUT2D eigenvalue weighted by atomic mass is 79.9. The van der Waals surface area contributed by atoms with E-state index in [0.29, 0.717) is 0 Å². The molecule has 0 bridgehead atoms. The van der Waals surface area contributed by atoms with E-state index in [1.807, 2.05) is 0 Å². The van der Waals surface area contributed by atoms with Crippen LogP contribution in [-0.4, -0.2) is 27.9 Å². The molecule has 0 aromatic rings. The summed E-state index contributed by atoms with van der Waals surface area (Å²) in [4.78, 5) is 21.4. The van der Waals surface area contributed by atoms with Crippen molar-refractivity contribution < 1.29 is 14.7 Å². The van der Waals surface area contributed by atoms with Crippen LogP contribution >= 0.6 is 15.9 Å². The lowest BCUT2D eigenvalue weighted by Crippen LogP contribution is -2.46. The van der Waals surface area contributed by atoms with Crippen LogP contribution in [0.1, 0.15) is 20.8 Å². The Bertz CT molecular complexity index is 204. The largest absolute Gasteiger partial charge is 0.480 e. The molecule has 1 amide bonds. The third-order valence-electron chi connectivity index (χ3n) is 1.59. The summed E-state index contributed by atoms with van der Waals surface area (Å²) in [7, 11) is 0. The van der Waals surface area contributed by atoms with Gasteiger partial charge in [0.2, 0.25) is 5.91 Å². The molecule has 4 nitrogen and oxygen atoms in total. The average Bonchev–Trinajstić information content (AvgIpc) is 1.97. The molecule has 0 aromatic carbocycles. The van der Waals surface area contributed by atoms with E-state index in [4.69, 9.17) is 5.11 Å². The number of aliphatic carboxylic acids is 1. The van der Waals surface area contributed by atoms with Crippen molar-refractivity contribution in [3.05, 3.63) is 0 Å². The minimum absolute atomic E-state index is 0.118. The molecule has 0 aliphatic rings. The SMILES string of the molecule is CC(Br)C(=O)NC(C(=O)O)C(C)C. The lowest BCUT2D eigenvalue weighted by molar-refractivity contribution is -0.142. The molecule has 0 radical (unpaired) electrons. The predicted molar refractivity (Wildman–Crippen MR) is 52.8 cm³/mol. The number of alkyl halides is 1. The van der Waals surface area contributed by atoms with Crippen LogP contribution in [0.2, 0.25) is 0 Å². The quantitative estimate of drug-likeness (QED) is 0.733. The maximum Gasteiger partial charge on any atom is 0.326 e. The lowest BCUT2D eigenvalue weighted by Gasteiger charge is -2.18. The number of amides is 1. The van der Waals surface area contributed by atoms with Crippen molar-refractivity contribution in [3.8, 4) is 0 Å². The summed E-state index contributed by atoms with van der Waals surface area (Å²) in [5.74, 6) is -1.43. The number of carbonyl (C=O) groups excluding carboxylic acids is 1. The fraction of sp³-hybridized carbons (Fsp3) is 0.750. The summed E-state index contributed by atoms with van der Waals surface area (Å²) in [6.45, 7) is 5.14. The normalized spacial score (nSPS) is 15.2. The summed E-state index contributed by atoms with van der Waals surface area (Å²) in [6, 6.07) is -0.813. The summed E-state index contributed by atoms with van der Waals surface area (Å²) >= 11 is 3.06. The summed E-state index contributed by atoms with van der Waals surface area (Å²) in [6.07, 6.45) is 0. The Morgan fingerprint density at radius 2 is 1.77 bits per heavy atom. The van der Waals surface area contributed by atoms with Crippen LogP contribution in [0.25, 0.3) is 0 Å². The van der Waals surface area contributed by atoms with Gasteiger partial charge in [-0.1, -0.05) is 29.8 Å². The van der Waals surface area contributed by atoms with Crippen LogP contribution < -0.4 is 5.32 Å². The summed E-state index contributed by atoms with van der Waals surface area (Å²) in [5.41, 5.74) is 0. The fourth-order valence-corrected chi connectivity index (χ4v) is 0.914. The molecule has 0 saturated heterocycles. The molecular formula is C8H14BrNO3. The van der Waals surface area contributed by atoms with E-state index in [1.165, 1.54) is 0 Å². The monoisotopic (exact) mass is 251 g/mol. The van der Waals surface area contributed by atoms with Gasteiger partial charge >= 0.3 is 5.97 Å². The molecule has 0 fully saturated rings. The first kappa shape index (κ1) is 12.4. The fourth-order valence-electron chi connectivity index (χ4n) is 0.782. The molecule has 0 saturated carbocycles. The maximum absolute atomic E-state index is 11.1. The predicted octanol–water partition coefficient (Wildman–Crippen LogP) is 0.995. The van der Waals surface area contributed by atoms with Gasteiger partial charge in [-0.25, -0.2) is 4.79 Å². The number of carbonyl (C=O) groups is 2. The van der Waals surface area contributed by atoms with Gasteiger partial charge in [0.25, 0.3) is 0 Å². The van der Waals surface area contributed by atoms with Gasteiger partial charge in [0.1, 0.15) is 6.04 Å². The van der Waals surface area contributed by atoms with Gasteiger partial charge in [0, 0.05) is 0 Å². The van der Waals surface area contributed by atoms with Gasteiger partial charge in [-0.15, -0.1) is 0 Å². The highest BCUT2D eigenvalue weighted by Gasteiger charge is 2.24. The molecule has 0 aliphatic heterocycles. The molecule has 2 N–H and O–H groups in total. The van der Waals surface area contributed by atoms with Gasteiger partial charge in [0.15, 0.2) is 0 Å². The van der Waals surface area contributed by atoms with Crippen LogP contribution in [-0.2, 0) is 9.59 Å². The standard InChI is InChI=1S/C8H14BrNO3/c1-4(2)6(8(12)13)10-7(11)5(3)9/h4-6H,1-3H3,(H,10,11)(H,12,13). The van der Waals surface area contributed by atoms with Gasteiger partial charge in [-0.05, 0) is 12.8 Å². The number of hydrogen-bond donors (Lipinski definition) is 2. The first-order valence-corrected chi connectivity index (χ1v) is 4.95. The first-order chi connectivity index (χ1) is 5.86. The van der Waals surface area contributed by atoms with Crippen molar-refractivity contribution in [2.75, 3.05) is 0 Å². The first-order valence-electron chi connectivity index (χ1n) is 4.03. The zero-order valence-electron chi connectivity index (χ0n) is 7.87. The van der Waals surface area contributed by atoms with E-state index in [9.17, 15) is 9.59 Å². The average molecular weight is 252 g/mol. The zero-order valence-corrected chi connectivity index (χ0v) is 9.46. The van der Waals surface area contributed by atoms with Crippen LogP contribution in [0, 0.1) is 5.92 Å². The topological polar surface area (TPSA) is 66.4 Å². The Hall–Kier alpha value is -0.580. The van der Waals surface area contributed by atoms with Gasteiger partial charge in [-0.2, -0.15) is 0 Å². The van der Waals surface area contributed by atoms with Crippen LogP contribution in [0.5, 0.6) is 0 Å². The van der Waals surface area contributed by atoms with E-state index in [-0.39, 0.29) is 16.7 Å². The molecule has 2 unspecified atom stereocenters. The molecule has 76 valence electrons. The number of carboxylic acids is 1. The molecule has 5 heteroatoms. The highest BCUT2D eigenvalue weighted by Crippen LogP contribution is 2.04. The minimum Gasteiger partial charge on any atom is -0.480 e. The van der Waals surface area contributed by atoms with E-state index >= 15 is 0 Å². The summed E-state index contributed by atoms with van der Waals surface area (Å²) in [5, 5.41) is 11.2. The van der Waals surface area contributed by atoms with Crippen molar-refractivity contribution in [2.24, 2.45) is 5.92 Å². The number of halogens is 1. The van der Waals surface area contributed by atoms with Crippen LogP contribution in [0.15, 0.2) is 0 Å². The second-order valence-electron chi connectivity index (χ2n) is 3.18.